The molecule has 1 atom stereocenters. The van der Waals surface area contributed by atoms with Gasteiger partial charge in [0.05, 0.1) is 11.0 Å². The third-order valence-corrected chi connectivity index (χ3v) is 4.07. The number of benzene rings is 1. The Balaban J connectivity index is 2.82. The molecule has 0 radical (unpaired) electrons. The van der Waals surface area contributed by atoms with E-state index in [1.54, 1.807) is 6.92 Å². The van der Waals surface area contributed by atoms with E-state index in [1.165, 1.54) is 31.3 Å². The standard InChI is InChI=1S/C12H18N2O4S/c1-3-10(15)8-14-19(17,18)11-6-4-9(5-7-11)12(16)13-2/h4-7,10,14-15H,3,8H2,1-2H3,(H,13,16). The van der Waals surface area contributed by atoms with Crippen molar-refractivity contribution in [3.63, 3.8) is 0 Å². The molecule has 0 aliphatic carbocycles. The summed E-state index contributed by atoms with van der Waals surface area (Å²) >= 11 is 0. The summed E-state index contributed by atoms with van der Waals surface area (Å²) < 4.78 is 26.1. The molecule has 0 saturated heterocycles. The van der Waals surface area contributed by atoms with E-state index in [9.17, 15) is 18.3 Å². The molecule has 0 bridgehead atoms. The van der Waals surface area contributed by atoms with Gasteiger partial charge in [-0.3, -0.25) is 4.79 Å². The number of nitrogens with one attached hydrogen (secondary N) is 2. The summed E-state index contributed by atoms with van der Waals surface area (Å²) in [6, 6.07) is 5.57. The van der Waals surface area contributed by atoms with E-state index >= 15 is 0 Å². The topological polar surface area (TPSA) is 95.5 Å². The van der Waals surface area contributed by atoms with Crippen LogP contribution in [0.4, 0.5) is 0 Å². The molecule has 6 nitrogen and oxygen atoms in total. The molecule has 0 heterocycles. The molecule has 19 heavy (non-hydrogen) atoms. The molecule has 1 rings (SSSR count). The van der Waals surface area contributed by atoms with Crippen LogP contribution in [0, 0.1) is 0 Å². The van der Waals surface area contributed by atoms with Gasteiger partial charge in [0, 0.05) is 19.2 Å². The van der Waals surface area contributed by atoms with Crippen LogP contribution in [0.5, 0.6) is 0 Å². The molecule has 0 saturated carbocycles. The molecule has 1 amide bonds. The van der Waals surface area contributed by atoms with Gasteiger partial charge in [-0.05, 0) is 30.7 Å². The molecular weight excluding hydrogens is 268 g/mol. The predicted octanol–water partition coefficient (Wildman–Crippen LogP) is 0.0954. The van der Waals surface area contributed by atoms with E-state index in [-0.39, 0.29) is 17.3 Å². The van der Waals surface area contributed by atoms with Crippen LogP contribution in [0.3, 0.4) is 0 Å². The summed E-state index contributed by atoms with van der Waals surface area (Å²) in [5.41, 5.74) is 0.384. The minimum Gasteiger partial charge on any atom is -0.392 e. The van der Waals surface area contributed by atoms with E-state index in [0.29, 0.717) is 12.0 Å². The normalized spacial score (nSPS) is 13.0. The second-order valence-corrected chi connectivity index (χ2v) is 5.78. The quantitative estimate of drug-likeness (QED) is 0.691. The maximum atomic E-state index is 11.9. The average Bonchev–Trinajstić information content (AvgIpc) is 2.44. The maximum absolute atomic E-state index is 11.9. The third kappa shape index (κ3) is 4.30. The molecule has 3 N–H and O–H groups in total. The molecule has 7 heteroatoms. The Morgan fingerprint density at radius 3 is 2.37 bits per heavy atom. The van der Waals surface area contributed by atoms with Crippen molar-refractivity contribution in [2.45, 2.75) is 24.3 Å². The summed E-state index contributed by atoms with van der Waals surface area (Å²) in [6.07, 6.45) is -0.238. The van der Waals surface area contributed by atoms with Crippen molar-refractivity contribution >= 4 is 15.9 Å². The lowest BCUT2D eigenvalue weighted by molar-refractivity contribution is 0.0963. The second-order valence-electron chi connectivity index (χ2n) is 4.02. The highest BCUT2D eigenvalue weighted by molar-refractivity contribution is 7.89. The van der Waals surface area contributed by atoms with Gasteiger partial charge in [0.1, 0.15) is 0 Å². The van der Waals surface area contributed by atoms with Crippen LogP contribution in [-0.4, -0.2) is 39.1 Å². The van der Waals surface area contributed by atoms with Gasteiger partial charge < -0.3 is 10.4 Å². The Morgan fingerprint density at radius 2 is 1.89 bits per heavy atom. The fourth-order valence-corrected chi connectivity index (χ4v) is 2.44. The molecule has 0 fully saturated rings. The van der Waals surface area contributed by atoms with Crippen LogP contribution >= 0.6 is 0 Å². The molecule has 1 aromatic carbocycles. The summed E-state index contributed by atoms with van der Waals surface area (Å²) in [4.78, 5) is 11.4. The molecule has 0 spiro atoms. The summed E-state index contributed by atoms with van der Waals surface area (Å²) in [7, 11) is -2.16. The largest absolute Gasteiger partial charge is 0.392 e. The Hall–Kier alpha value is -1.44. The number of carbonyl (C=O) groups is 1. The van der Waals surface area contributed by atoms with Crippen LogP contribution in [0.15, 0.2) is 29.2 Å². The van der Waals surface area contributed by atoms with E-state index < -0.39 is 16.1 Å². The first kappa shape index (κ1) is 15.6. The first-order chi connectivity index (χ1) is 8.90. The average molecular weight is 286 g/mol. The van der Waals surface area contributed by atoms with Crippen molar-refractivity contribution in [1.82, 2.24) is 10.0 Å². The summed E-state index contributed by atoms with van der Waals surface area (Å²) in [6.45, 7) is 1.73. The number of hydrogen-bond acceptors (Lipinski definition) is 4. The maximum Gasteiger partial charge on any atom is 0.251 e. The van der Waals surface area contributed by atoms with E-state index in [2.05, 4.69) is 10.0 Å². The van der Waals surface area contributed by atoms with Gasteiger partial charge in [-0.2, -0.15) is 0 Å². The van der Waals surface area contributed by atoms with Crippen molar-refractivity contribution in [2.24, 2.45) is 0 Å². The smallest absolute Gasteiger partial charge is 0.251 e. The molecule has 1 aromatic rings. The fourth-order valence-electron chi connectivity index (χ4n) is 1.36. The van der Waals surface area contributed by atoms with Crippen LogP contribution in [-0.2, 0) is 10.0 Å². The number of rotatable bonds is 6. The van der Waals surface area contributed by atoms with Gasteiger partial charge in [0.2, 0.25) is 10.0 Å². The Kier molecular flexibility index (Phi) is 5.46. The highest BCUT2D eigenvalue weighted by Crippen LogP contribution is 2.10. The van der Waals surface area contributed by atoms with Crippen molar-refractivity contribution in [1.29, 1.82) is 0 Å². The second kappa shape index (κ2) is 6.65. The molecule has 106 valence electrons. The van der Waals surface area contributed by atoms with Crippen molar-refractivity contribution in [2.75, 3.05) is 13.6 Å². The van der Waals surface area contributed by atoms with Gasteiger partial charge in [0.15, 0.2) is 0 Å². The molecule has 1 unspecified atom stereocenters. The van der Waals surface area contributed by atoms with Gasteiger partial charge >= 0.3 is 0 Å². The number of hydrogen-bond donors (Lipinski definition) is 3. The predicted molar refractivity (Wildman–Crippen MR) is 71.3 cm³/mol. The van der Waals surface area contributed by atoms with Crippen LogP contribution in [0.1, 0.15) is 23.7 Å². The minimum atomic E-state index is -3.66. The fraction of sp³-hybridized carbons (Fsp3) is 0.417. The Bertz CT molecular complexity index is 525. The lowest BCUT2D eigenvalue weighted by Crippen LogP contribution is -2.31. The van der Waals surface area contributed by atoms with E-state index in [0.717, 1.165) is 0 Å². The van der Waals surface area contributed by atoms with Gasteiger partial charge in [0.25, 0.3) is 5.91 Å². The summed E-state index contributed by atoms with van der Waals surface area (Å²) in [5.74, 6) is -0.279. The van der Waals surface area contributed by atoms with Gasteiger partial charge in [-0.15, -0.1) is 0 Å². The number of sulfonamides is 1. The van der Waals surface area contributed by atoms with Crippen molar-refractivity contribution in [3.05, 3.63) is 29.8 Å². The van der Waals surface area contributed by atoms with Crippen LogP contribution < -0.4 is 10.0 Å². The zero-order valence-corrected chi connectivity index (χ0v) is 11.7. The van der Waals surface area contributed by atoms with E-state index in [4.69, 9.17) is 0 Å². The SMILES string of the molecule is CCC(O)CNS(=O)(=O)c1ccc(C(=O)NC)cc1. The Labute approximate surface area is 112 Å². The van der Waals surface area contributed by atoms with Crippen LogP contribution in [0.2, 0.25) is 0 Å². The van der Waals surface area contributed by atoms with Crippen molar-refractivity contribution in [3.8, 4) is 0 Å². The molecule has 0 aliphatic rings. The first-order valence-electron chi connectivity index (χ1n) is 5.90. The summed E-state index contributed by atoms with van der Waals surface area (Å²) in [5, 5.41) is 11.8. The monoisotopic (exact) mass is 286 g/mol. The van der Waals surface area contributed by atoms with Crippen molar-refractivity contribution < 1.29 is 18.3 Å². The highest BCUT2D eigenvalue weighted by Gasteiger charge is 2.15. The van der Waals surface area contributed by atoms with Gasteiger partial charge in [-0.1, -0.05) is 6.92 Å². The molecule has 0 aromatic heterocycles. The lowest BCUT2D eigenvalue weighted by atomic mass is 10.2. The molecule has 0 aliphatic heterocycles. The van der Waals surface area contributed by atoms with E-state index in [1.807, 2.05) is 0 Å². The lowest BCUT2D eigenvalue weighted by Gasteiger charge is -2.10. The first-order valence-corrected chi connectivity index (χ1v) is 7.39. The number of amides is 1. The molecular formula is C12H18N2O4S. The number of aliphatic hydroxyl groups excluding tert-OH is 1. The number of aliphatic hydroxyl groups is 1. The Morgan fingerprint density at radius 1 is 1.32 bits per heavy atom. The zero-order valence-electron chi connectivity index (χ0n) is 10.9. The van der Waals surface area contributed by atoms with Crippen LogP contribution in [0.25, 0.3) is 0 Å². The van der Waals surface area contributed by atoms with Gasteiger partial charge in [-0.25, -0.2) is 13.1 Å². The highest BCUT2D eigenvalue weighted by atomic mass is 32.2. The third-order valence-electron chi connectivity index (χ3n) is 2.63. The number of carbonyl (C=O) groups excluding carboxylic acids is 1. The minimum absolute atomic E-state index is 0.0317. The zero-order chi connectivity index (χ0) is 14.5.